The Morgan fingerprint density at radius 3 is 2.24 bits per heavy atom. The molecule has 0 fully saturated rings. The van der Waals surface area contributed by atoms with Crippen LogP contribution in [-0.4, -0.2) is 13.2 Å². The van der Waals surface area contributed by atoms with E-state index in [4.69, 9.17) is 15.2 Å². The summed E-state index contributed by atoms with van der Waals surface area (Å²) in [4.78, 5) is 0. The molecule has 0 spiro atoms. The molecule has 3 nitrogen and oxygen atoms in total. The fraction of sp³-hybridized carbons (Fsp3) is 0.294. The molecule has 0 bridgehead atoms. The molecular formula is C17H20BrNO2. The highest BCUT2D eigenvalue weighted by Crippen LogP contribution is 2.28. The van der Waals surface area contributed by atoms with Gasteiger partial charge >= 0.3 is 0 Å². The summed E-state index contributed by atoms with van der Waals surface area (Å²) in [6.07, 6.45) is 1.83. The Morgan fingerprint density at radius 2 is 1.67 bits per heavy atom. The lowest BCUT2D eigenvalue weighted by Crippen LogP contribution is -2.21. The van der Waals surface area contributed by atoms with Crippen molar-refractivity contribution in [1.29, 1.82) is 0 Å². The number of halogens is 1. The Bertz CT molecular complexity index is 584. The van der Waals surface area contributed by atoms with E-state index in [0.29, 0.717) is 0 Å². The molecule has 4 heteroatoms. The Kier molecular flexibility index (Phi) is 5.65. The molecule has 1 atom stereocenters. The summed E-state index contributed by atoms with van der Waals surface area (Å²) in [6, 6.07) is 13.7. The van der Waals surface area contributed by atoms with Crippen LogP contribution in [0.3, 0.4) is 0 Å². The van der Waals surface area contributed by atoms with Gasteiger partial charge in [0.25, 0.3) is 0 Å². The van der Waals surface area contributed by atoms with E-state index in [1.54, 1.807) is 7.11 Å². The highest BCUT2D eigenvalue weighted by Gasteiger charge is 2.07. The molecule has 0 aromatic heterocycles. The Labute approximate surface area is 134 Å². The smallest absolute Gasteiger partial charge is 0.128 e. The van der Waals surface area contributed by atoms with Crippen molar-refractivity contribution in [3.8, 4) is 17.2 Å². The van der Waals surface area contributed by atoms with Gasteiger partial charge < -0.3 is 15.2 Å². The quantitative estimate of drug-likeness (QED) is 0.833. The fourth-order valence-electron chi connectivity index (χ4n) is 1.96. The van der Waals surface area contributed by atoms with Crippen molar-refractivity contribution in [2.75, 3.05) is 7.11 Å². The van der Waals surface area contributed by atoms with Crippen LogP contribution in [0.5, 0.6) is 17.2 Å². The minimum absolute atomic E-state index is 0.189. The van der Waals surface area contributed by atoms with Gasteiger partial charge in [0, 0.05) is 10.5 Å². The van der Waals surface area contributed by atoms with Gasteiger partial charge in [-0.1, -0.05) is 28.9 Å². The number of ether oxygens (including phenoxy) is 2. The van der Waals surface area contributed by atoms with Gasteiger partial charge in [0.1, 0.15) is 17.2 Å². The highest BCUT2D eigenvalue weighted by atomic mass is 79.9. The fourth-order valence-corrected chi connectivity index (χ4v) is 2.48. The summed E-state index contributed by atoms with van der Waals surface area (Å²) in [5.41, 5.74) is 7.20. The Morgan fingerprint density at radius 1 is 1.05 bits per heavy atom. The third kappa shape index (κ3) is 4.48. The van der Waals surface area contributed by atoms with Crippen molar-refractivity contribution in [1.82, 2.24) is 0 Å². The molecule has 2 N–H and O–H groups in total. The summed E-state index contributed by atoms with van der Waals surface area (Å²) < 4.78 is 12.0. The first-order chi connectivity index (χ1) is 10.1. The molecule has 0 saturated heterocycles. The molecule has 0 radical (unpaired) electrons. The van der Waals surface area contributed by atoms with E-state index in [1.165, 1.54) is 5.56 Å². The second-order valence-corrected chi connectivity index (χ2v) is 5.76. The monoisotopic (exact) mass is 349 g/mol. The average Bonchev–Trinajstić information content (AvgIpc) is 2.50. The summed E-state index contributed by atoms with van der Waals surface area (Å²) in [7, 11) is 1.65. The summed E-state index contributed by atoms with van der Waals surface area (Å²) in [5.74, 6) is 2.38. The molecule has 21 heavy (non-hydrogen) atoms. The Hall–Kier alpha value is -1.52. The standard InChI is InChI=1S/C17H20BrNO2/c1-3-13(19)10-12-4-5-16(11-17(12)18)21-15-8-6-14(20-2)7-9-15/h4-9,11,13H,3,10,19H2,1-2H3. The van der Waals surface area contributed by atoms with Crippen molar-refractivity contribution >= 4 is 15.9 Å². The lowest BCUT2D eigenvalue weighted by molar-refractivity contribution is 0.413. The van der Waals surface area contributed by atoms with Crippen molar-refractivity contribution in [2.45, 2.75) is 25.8 Å². The maximum absolute atomic E-state index is 6.00. The van der Waals surface area contributed by atoms with Crippen molar-refractivity contribution in [2.24, 2.45) is 5.73 Å². The van der Waals surface area contributed by atoms with Crippen LogP contribution in [0.4, 0.5) is 0 Å². The number of hydrogen-bond acceptors (Lipinski definition) is 3. The summed E-state index contributed by atoms with van der Waals surface area (Å²) in [5, 5.41) is 0. The maximum atomic E-state index is 6.00. The zero-order chi connectivity index (χ0) is 15.2. The van der Waals surface area contributed by atoms with Crippen LogP contribution in [0.15, 0.2) is 46.9 Å². The van der Waals surface area contributed by atoms with Gasteiger partial charge in [-0.2, -0.15) is 0 Å². The molecule has 2 aromatic rings. The van der Waals surface area contributed by atoms with Crippen LogP contribution >= 0.6 is 15.9 Å². The molecule has 0 aliphatic rings. The maximum Gasteiger partial charge on any atom is 0.128 e. The van der Waals surface area contributed by atoms with Crippen molar-refractivity contribution in [3.63, 3.8) is 0 Å². The van der Waals surface area contributed by atoms with Gasteiger partial charge in [-0.15, -0.1) is 0 Å². The minimum atomic E-state index is 0.189. The highest BCUT2D eigenvalue weighted by molar-refractivity contribution is 9.10. The molecule has 2 rings (SSSR count). The molecule has 2 aromatic carbocycles. The topological polar surface area (TPSA) is 44.5 Å². The number of methoxy groups -OCH3 is 1. The van der Waals surface area contributed by atoms with E-state index in [1.807, 2.05) is 36.4 Å². The SMILES string of the molecule is CCC(N)Cc1ccc(Oc2ccc(OC)cc2)cc1Br. The third-order valence-corrected chi connectivity index (χ3v) is 4.06. The summed E-state index contributed by atoms with van der Waals surface area (Å²) >= 11 is 3.59. The van der Waals surface area contributed by atoms with Crippen LogP contribution in [-0.2, 0) is 6.42 Å². The predicted molar refractivity (Wildman–Crippen MR) is 89.2 cm³/mol. The lowest BCUT2D eigenvalue weighted by atomic mass is 10.0. The van der Waals surface area contributed by atoms with Gasteiger partial charge in [-0.25, -0.2) is 0 Å². The van der Waals surface area contributed by atoms with Crippen LogP contribution in [0, 0.1) is 0 Å². The number of rotatable bonds is 6. The molecule has 0 amide bonds. The van der Waals surface area contributed by atoms with Crippen LogP contribution < -0.4 is 15.2 Å². The van der Waals surface area contributed by atoms with E-state index in [2.05, 4.69) is 28.9 Å². The van der Waals surface area contributed by atoms with Gasteiger partial charge in [0.05, 0.1) is 7.11 Å². The Balaban J connectivity index is 2.08. The predicted octanol–water partition coefficient (Wildman–Crippen LogP) is 4.53. The molecule has 1 unspecified atom stereocenters. The first-order valence-electron chi connectivity index (χ1n) is 6.98. The molecule has 0 saturated carbocycles. The summed E-state index contributed by atoms with van der Waals surface area (Å²) in [6.45, 7) is 2.10. The van der Waals surface area contributed by atoms with Crippen LogP contribution in [0.2, 0.25) is 0 Å². The molecule has 0 aliphatic carbocycles. The van der Waals surface area contributed by atoms with E-state index >= 15 is 0 Å². The van der Waals surface area contributed by atoms with E-state index in [0.717, 1.165) is 34.6 Å². The van der Waals surface area contributed by atoms with E-state index in [9.17, 15) is 0 Å². The third-order valence-electron chi connectivity index (χ3n) is 3.33. The van der Waals surface area contributed by atoms with Gasteiger partial charge in [-0.3, -0.25) is 0 Å². The first-order valence-corrected chi connectivity index (χ1v) is 7.77. The van der Waals surface area contributed by atoms with Crippen molar-refractivity contribution in [3.05, 3.63) is 52.5 Å². The molecule has 112 valence electrons. The number of hydrogen-bond donors (Lipinski definition) is 1. The zero-order valence-corrected chi connectivity index (χ0v) is 13.9. The average molecular weight is 350 g/mol. The van der Waals surface area contributed by atoms with E-state index < -0.39 is 0 Å². The number of nitrogens with two attached hydrogens (primary N) is 1. The van der Waals surface area contributed by atoms with Crippen LogP contribution in [0.1, 0.15) is 18.9 Å². The minimum Gasteiger partial charge on any atom is -0.497 e. The normalized spacial score (nSPS) is 12.0. The van der Waals surface area contributed by atoms with Crippen molar-refractivity contribution < 1.29 is 9.47 Å². The first kappa shape index (κ1) is 15.9. The van der Waals surface area contributed by atoms with Gasteiger partial charge in [-0.05, 0) is 54.8 Å². The van der Waals surface area contributed by atoms with E-state index in [-0.39, 0.29) is 6.04 Å². The molecular weight excluding hydrogens is 330 g/mol. The molecule has 0 aliphatic heterocycles. The van der Waals surface area contributed by atoms with Gasteiger partial charge in [0.2, 0.25) is 0 Å². The lowest BCUT2D eigenvalue weighted by Gasteiger charge is -2.12. The second-order valence-electron chi connectivity index (χ2n) is 4.90. The number of benzene rings is 2. The molecule has 0 heterocycles. The largest absolute Gasteiger partial charge is 0.497 e. The zero-order valence-electron chi connectivity index (χ0n) is 12.3. The second kappa shape index (κ2) is 7.48. The van der Waals surface area contributed by atoms with Gasteiger partial charge in [0.15, 0.2) is 0 Å². The van der Waals surface area contributed by atoms with Crippen LogP contribution in [0.25, 0.3) is 0 Å².